The third-order valence-corrected chi connectivity index (χ3v) is 2.41. The van der Waals surface area contributed by atoms with E-state index >= 15 is 0 Å². The van der Waals surface area contributed by atoms with Gasteiger partial charge in [0.15, 0.2) is 0 Å². The maximum Gasteiger partial charge on any atom is 0.338 e. The third kappa shape index (κ3) is 2.98. The molecule has 20 heavy (non-hydrogen) atoms. The molecule has 0 aliphatic carbocycles. The molecule has 0 spiro atoms. The summed E-state index contributed by atoms with van der Waals surface area (Å²) in [6, 6.07) is 3.99. The fourth-order valence-electron chi connectivity index (χ4n) is 1.55. The van der Waals surface area contributed by atoms with Crippen LogP contribution in [0.4, 0.5) is 0 Å². The summed E-state index contributed by atoms with van der Waals surface area (Å²) in [4.78, 5) is 26.6. The molecular weight excluding hydrogens is 266 g/mol. The minimum absolute atomic E-state index is 0.0591. The molecule has 1 aromatic heterocycles. The fraction of sp³-hybridized carbons (Fsp3) is 0.167. The zero-order valence-electron chi connectivity index (χ0n) is 10.3. The van der Waals surface area contributed by atoms with Crippen molar-refractivity contribution in [2.75, 3.05) is 13.2 Å². The number of ether oxygens (including phenoxy) is 1. The highest BCUT2D eigenvalue weighted by atomic mass is 16.5. The first-order valence-corrected chi connectivity index (χ1v) is 5.63. The maximum atomic E-state index is 11.7. The van der Waals surface area contributed by atoms with Crippen molar-refractivity contribution < 1.29 is 24.5 Å². The molecule has 1 heterocycles. The van der Waals surface area contributed by atoms with Crippen LogP contribution in [0.1, 0.15) is 20.7 Å². The molecule has 0 fully saturated rings. The van der Waals surface area contributed by atoms with Crippen molar-refractivity contribution in [2.45, 2.75) is 0 Å². The SMILES string of the molecule is O=C(O)c1cc(C(=O)OCCO)cc(-n2cncn2)c1. The Labute approximate surface area is 113 Å². The van der Waals surface area contributed by atoms with E-state index in [0.717, 1.165) is 0 Å². The number of carboxylic acid groups (broad SMARTS) is 1. The van der Waals surface area contributed by atoms with Gasteiger partial charge in [-0.15, -0.1) is 0 Å². The van der Waals surface area contributed by atoms with Gasteiger partial charge in [-0.25, -0.2) is 19.3 Å². The molecule has 2 aromatic rings. The van der Waals surface area contributed by atoms with Crippen LogP contribution in [0, 0.1) is 0 Å². The van der Waals surface area contributed by atoms with Gasteiger partial charge in [-0.05, 0) is 18.2 Å². The van der Waals surface area contributed by atoms with Crippen LogP contribution in [0.5, 0.6) is 0 Å². The summed E-state index contributed by atoms with van der Waals surface area (Å²) in [5.41, 5.74) is 0.358. The summed E-state index contributed by atoms with van der Waals surface area (Å²) < 4.78 is 6.09. The van der Waals surface area contributed by atoms with Crippen LogP contribution in [0.15, 0.2) is 30.9 Å². The van der Waals surface area contributed by atoms with E-state index in [1.165, 1.54) is 35.5 Å². The molecule has 0 atom stereocenters. The van der Waals surface area contributed by atoms with Gasteiger partial charge in [-0.3, -0.25) is 0 Å². The molecule has 0 radical (unpaired) electrons. The van der Waals surface area contributed by atoms with Crippen molar-refractivity contribution in [2.24, 2.45) is 0 Å². The normalized spacial score (nSPS) is 10.2. The average molecular weight is 277 g/mol. The molecule has 104 valence electrons. The lowest BCUT2D eigenvalue weighted by Gasteiger charge is -2.07. The number of carbonyl (C=O) groups excluding carboxylic acids is 1. The Morgan fingerprint density at radius 3 is 2.60 bits per heavy atom. The van der Waals surface area contributed by atoms with E-state index in [1.54, 1.807) is 0 Å². The van der Waals surface area contributed by atoms with Crippen molar-refractivity contribution >= 4 is 11.9 Å². The molecule has 8 heteroatoms. The molecule has 0 saturated heterocycles. The Hall–Kier alpha value is -2.74. The van der Waals surface area contributed by atoms with Crippen molar-refractivity contribution in [3.8, 4) is 5.69 Å². The highest BCUT2D eigenvalue weighted by molar-refractivity contribution is 5.95. The number of carboxylic acids is 1. The minimum Gasteiger partial charge on any atom is -0.478 e. The van der Waals surface area contributed by atoms with Crippen molar-refractivity contribution in [3.63, 3.8) is 0 Å². The van der Waals surface area contributed by atoms with Crippen LogP contribution in [-0.2, 0) is 4.74 Å². The largest absolute Gasteiger partial charge is 0.478 e. The molecule has 0 saturated carbocycles. The molecule has 2 N–H and O–H groups in total. The third-order valence-electron chi connectivity index (χ3n) is 2.41. The molecule has 1 aromatic carbocycles. The Kier molecular flexibility index (Phi) is 4.06. The Morgan fingerprint density at radius 2 is 2.00 bits per heavy atom. The van der Waals surface area contributed by atoms with Crippen LogP contribution in [0.3, 0.4) is 0 Å². The number of aliphatic hydroxyl groups is 1. The van der Waals surface area contributed by atoms with Crippen molar-refractivity contribution in [1.29, 1.82) is 0 Å². The lowest BCUT2D eigenvalue weighted by molar-refractivity contribution is 0.0433. The number of hydrogen-bond acceptors (Lipinski definition) is 6. The average Bonchev–Trinajstić information content (AvgIpc) is 2.98. The van der Waals surface area contributed by atoms with Gasteiger partial charge in [0.1, 0.15) is 19.3 Å². The smallest absolute Gasteiger partial charge is 0.338 e. The van der Waals surface area contributed by atoms with Crippen molar-refractivity contribution in [3.05, 3.63) is 42.0 Å². The van der Waals surface area contributed by atoms with E-state index in [-0.39, 0.29) is 24.3 Å². The Morgan fingerprint density at radius 1 is 1.25 bits per heavy atom. The van der Waals surface area contributed by atoms with Gasteiger partial charge in [-0.1, -0.05) is 0 Å². The number of rotatable bonds is 5. The maximum absolute atomic E-state index is 11.7. The van der Waals surface area contributed by atoms with Crippen LogP contribution >= 0.6 is 0 Å². The van der Waals surface area contributed by atoms with E-state index in [9.17, 15) is 9.59 Å². The van der Waals surface area contributed by atoms with Crippen LogP contribution in [0.25, 0.3) is 5.69 Å². The molecule has 8 nitrogen and oxygen atoms in total. The lowest BCUT2D eigenvalue weighted by atomic mass is 10.1. The summed E-state index contributed by atoms with van der Waals surface area (Å²) in [7, 11) is 0. The standard InChI is InChI=1S/C12H11N3O5/c16-1-2-20-12(19)9-3-8(11(17)18)4-10(5-9)15-7-13-6-14-15/h3-7,16H,1-2H2,(H,17,18). The van der Waals surface area contributed by atoms with E-state index in [2.05, 4.69) is 10.1 Å². The number of aromatic nitrogens is 3. The molecule has 2 rings (SSSR count). The highest BCUT2D eigenvalue weighted by Crippen LogP contribution is 2.15. The summed E-state index contributed by atoms with van der Waals surface area (Å²) in [5, 5.41) is 21.5. The van der Waals surface area contributed by atoms with Gasteiger partial charge in [0.25, 0.3) is 0 Å². The van der Waals surface area contributed by atoms with Crippen LogP contribution in [0.2, 0.25) is 0 Å². The van der Waals surface area contributed by atoms with Gasteiger partial charge in [0.2, 0.25) is 0 Å². The molecule has 0 aliphatic rings. The first-order chi connectivity index (χ1) is 9.61. The predicted octanol–water partition coefficient (Wildman–Crippen LogP) is 0.115. The second-order valence-corrected chi connectivity index (χ2v) is 3.77. The van der Waals surface area contributed by atoms with Gasteiger partial charge < -0.3 is 14.9 Å². The molecule has 0 amide bonds. The quantitative estimate of drug-likeness (QED) is 0.745. The summed E-state index contributed by atoms with van der Waals surface area (Å²) >= 11 is 0. The number of benzene rings is 1. The number of nitrogens with zero attached hydrogens (tertiary/aromatic N) is 3. The van der Waals surface area contributed by atoms with Gasteiger partial charge >= 0.3 is 11.9 Å². The van der Waals surface area contributed by atoms with Gasteiger partial charge in [0.05, 0.1) is 23.4 Å². The summed E-state index contributed by atoms with van der Waals surface area (Å²) in [6.45, 7) is -0.463. The zero-order valence-corrected chi connectivity index (χ0v) is 10.3. The van der Waals surface area contributed by atoms with Gasteiger partial charge in [-0.2, -0.15) is 5.10 Å². The van der Waals surface area contributed by atoms with Crippen LogP contribution < -0.4 is 0 Å². The predicted molar refractivity (Wildman–Crippen MR) is 65.7 cm³/mol. The first kappa shape index (κ1) is 13.7. The topological polar surface area (TPSA) is 115 Å². The number of hydrogen-bond donors (Lipinski definition) is 2. The second kappa shape index (κ2) is 5.93. The lowest BCUT2D eigenvalue weighted by Crippen LogP contribution is -2.11. The number of aliphatic hydroxyl groups excluding tert-OH is 1. The van der Waals surface area contributed by atoms with Crippen molar-refractivity contribution in [1.82, 2.24) is 14.8 Å². The van der Waals surface area contributed by atoms with Gasteiger partial charge in [0, 0.05) is 0 Å². The number of carbonyl (C=O) groups is 2. The van der Waals surface area contributed by atoms with E-state index in [1.807, 2.05) is 0 Å². The van der Waals surface area contributed by atoms with E-state index in [0.29, 0.717) is 5.69 Å². The summed E-state index contributed by atoms with van der Waals surface area (Å²) in [5.74, 6) is -1.90. The first-order valence-electron chi connectivity index (χ1n) is 5.63. The van der Waals surface area contributed by atoms with E-state index in [4.69, 9.17) is 14.9 Å². The Balaban J connectivity index is 2.41. The number of esters is 1. The Bertz CT molecular complexity index is 624. The number of aromatic carboxylic acids is 1. The van der Waals surface area contributed by atoms with Crippen LogP contribution in [-0.4, -0.2) is 50.1 Å². The summed E-state index contributed by atoms with van der Waals surface area (Å²) in [6.07, 6.45) is 2.67. The fourth-order valence-corrected chi connectivity index (χ4v) is 1.55. The molecular formula is C12H11N3O5. The highest BCUT2D eigenvalue weighted by Gasteiger charge is 2.14. The monoisotopic (exact) mass is 277 g/mol. The molecule has 0 aliphatic heterocycles. The minimum atomic E-state index is -1.18. The zero-order chi connectivity index (χ0) is 14.5. The van der Waals surface area contributed by atoms with E-state index < -0.39 is 11.9 Å². The molecule has 0 bridgehead atoms. The second-order valence-electron chi connectivity index (χ2n) is 3.77. The molecule has 0 unspecified atom stereocenters.